The number of rotatable bonds is 6. The minimum absolute atomic E-state index is 0.135. The van der Waals surface area contributed by atoms with Crippen LogP contribution in [0, 0.1) is 12.3 Å². The quantitative estimate of drug-likeness (QED) is 0.764. The van der Waals surface area contributed by atoms with Gasteiger partial charge in [-0.1, -0.05) is 17.5 Å². The van der Waals surface area contributed by atoms with Crippen LogP contribution >= 0.6 is 11.6 Å². The van der Waals surface area contributed by atoms with Crippen molar-refractivity contribution >= 4 is 17.5 Å². The van der Waals surface area contributed by atoms with Gasteiger partial charge in [-0.15, -0.1) is 6.42 Å². The first-order valence-corrected chi connectivity index (χ1v) is 5.80. The van der Waals surface area contributed by atoms with E-state index in [2.05, 4.69) is 11.2 Å². The molecule has 1 aromatic carbocycles. The molecule has 1 aromatic rings. The molecule has 0 aliphatic rings. The first-order valence-electron chi connectivity index (χ1n) is 5.42. The molecule has 1 amide bonds. The molecule has 0 aliphatic carbocycles. The molecule has 0 heterocycles. The molecule has 2 N–H and O–H groups in total. The van der Waals surface area contributed by atoms with Crippen LogP contribution in [0.25, 0.3) is 0 Å². The van der Waals surface area contributed by atoms with E-state index in [1.807, 2.05) is 0 Å². The smallest absolute Gasteiger partial charge is 0.258 e. The van der Waals surface area contributed by atoms with E-state index in [1.54, 1.807) is 12.1 Å². The van der Waals surface area contributed by atoms with Crippen molar-refractivity contribution in [2.45, 2.75) is 6.61 Å². The van der Waals surface area contributed by atoms with E-state index in [-0.39, 0.29) is 36.4 Å². The fourth-order valence-electron chi connectivity index (χ4n) is 1.34. The number of terminal acetylenes is 1. The monoisotopic (exact) mass is 283 g/mol. The van der Waals surface area contributed by atoms with Gasteiger partial charge in [-0.3, -0.25) is 4.79 Å². The van der Waals surface area contributed by atoms with Crippen molar-refractivity contribution in [2.24, 2.45) is 0 Å². The van der Waals surface area contributed by atoms with Gasteiger partial charge in [0.25, 0.3) is 5.91 Å². The second-order valence-corrected chi connectivity index (χ2v) is 3.94. The zero-order valence-corrected chi connectivity index (χ0v) is 11.2. The summed E-state index contributed by atoms with van der Waals surface area (Å²) >= 11 is 6.00. The van der Waals surface area contributed by atoms with Crippen LogP contribution < -0.4 is 14.8 Å². The highest BCUT2D eigenvalue weighted by Gasteiger charge is 2.13. The molecule has 0 fully saturated rings. The fourth-order valence-corrected chi connectivity index (χ4v) is 1.63. The summed E-state index contributed by atoms with van der Waals surface area (Å²) in [6.45, 7) is -0.258. The number of benzene rings is 1. The summed E-state index contributed by atoms with van der Waals surface area (Å²) in [7, 11) is 1.44. The standard InChI is InChI=1S/C13H14ClNO4/c1-3-4-15-12(17)8-19-13-10(14)5-9(7-16)6-11(13)18-2/h1,5-6,16H,4,7-8H2,2H3,(H,15,17). The second kappa shape index (κ2) is 7.52. The Bertz CT molecular complexity index is 496. The number of methoxy groups -OCH3 is 1. The Morgan fingerprint density at radius 2 is 2.32 bits per heavy atom. The lowest BCUT2D eigenvalue weighted by Crippen LogP contribution is -2.29. The SMILES string of the molecule is C#CCNC(=O)COc1c(Cl)cc(CO)cc1OC. The number of aliphatic hydroxyl groups is 1. The van der Waals surface area contributed by atoms with Crippen LogP contribution in [0.1, 0.15) is 5.56 Å². The van der Waals surface area contributed by atoms with Gasteiger partial charge in [0, 0.05) is 0 Å². The van der Waals surface area contributed by atoms with E-state index in [0.29, 0.717) is 11.3 Å². The zero-order valence-electron chi connectivity index (χ0n) is 10.4. The van der Waals surface area contributed by atoms with Gasteiger partial charge in [-0.25, -0.2) is 0 Å². The van der Waals surface area contributed by atoms with Gasteiger partial charge in [-0.2, -0.15) is 0 Å². The summed E-state index contributed by atoms with van der Waals surface area (Å²) in [6.07, 6.45) is 5.02. The predicted octanol–water partition coefficient (Wildman–Crippen LogP) is 0.969. The number of ether oxygens (including phenoxy) is 2. The molecule has 0 saturated carbocycles. The highest BCUT2D eigenvalue weighted by atomic mass is 35.5. The van der Waals surface area contributed by atoms with Crippen LogP contribution in [0.4, 0.5) is 0 Å². The van der Waals surface area contributed by atoms with Crippen LogP contribution in [0.2, 0.25) is 5.02 Å². The van der Waals surface area contributed by atoms with Crippen molar-refractivity contribution < 1.29 is 19.4 Å². The minimum Gasteiger partial charge on any atom is -0.493 e. The number of nitrogens with one attached hydrogen (secondary N) is 1. The summed E-state index contributed by atoms with van der Waals surface area (Å²) in [5.74, 6) is 2.52. The molecule has 5 nitrogen and oxygen atoms in total. The van der Waals surface area contributed by atoms with E-state index in [0.717, 1.165) is 0 Å². The average Bonchev–Trinajstić information content (AvgIpc) is 2.42. The van der Waals surface area contributed by atoms with E-state index in [1.165, 1.54) is 7.11 Å². The van der Waals surface area contributed by atoms with Gasteiger partial charge < -0.3 is 19.9 Å². The number of halogens is 1. The lowest BCUT2D eigenvalue weighted by Gasteiger charge is -2.13. The van der Waals surface area contributed by atoms with Crippen LogP contribution in [0.5, 0.6) is 11.5 Å². The molecule has 0 aromatic heterocycles. The summed E-state index contributed by atoms with van der Waals surface area (Å²) in [4.78, 5) is 11.4. The summed E-state index contributed by atoms with van der Waals surface area (Å²) in [5, 5.41) is 11.8. The summed E-state index contributed by atoms with van der Waals surface area (Å²) in [6, 6.07) is 3.12. The number of carbonyl (C=O) groups excluding carboxylic acids is 1. The highest BCUT2D eigenvalue weighted by molar-refractivity contribution is 6.32. The van der Waals surface area contributed by atoms with Gasteiger partial charge in [0.15, 0.2) is 18.1 Å². The van der Waals surface area contributed by atoms with Gasteiger partial charge in [0.1, 0.15) is 0 Å². The largest absolute Gasteiger partial charge is 0.493 e. The maximum absolute atomic E-state index is 11.4. The van der Waals surface area contributed by atoms with Crippen molar-refractivity contribution in [3.63, 3.8) is 0 Å². The molecule has 0 bridgehead atoms. The third-order valence-corrected chi connectivity index (χ3v) is 2.49. The minimum atomic E-state index is -0.359. The normalized spacial score (nSPS) is 9.58. The first-order chi connectivity index (χ1) is 9.12. The number of carbonyl (C=O) groups is 1. The second-order valence-electron chi connectivity index (χ2n) is 3.54. The molecule has 0 unspecified atom stereocenters. The summed E-state index contributed by atoms with van der Waals surface area (Å²) in [5.41, 5.74) is 0.589. The summed E-state index contributed by atoms with van der Waals surface area (Å²) < 4.78 is 10.4. The highest BCUT2D eigenvalue weighted by Crippen LogP contribution is 2.36. The molecule has 0 atom stereocenters. The molecule has 0 spiro atoms. The van der Waals surface area contributed by atoms with Crippen LogP contribution in [0.3, 0.4) is 0 Å². The molecular weight excluding hydrogens is 270 g/mol. The Kier molecular flexibility index (Phi) is 6.00. The topological polar surface area (TPSA) is 67.8 Å². The number of hydrogen-bond acceptors (Lipinski definition) is 4. The zero-order chi connectivity index (χ0) is 14.3. The molecule has 19 heavy (non-hydrogen) atoms. The van der Waals surface area contributed by atoms with Crippen LogP contribution in [-0.4, -0.2) is 31.3 Å². The van der Waals surface area contributed by atoms with Crippen molar-refractivity contribution in [1.82, 2.24) is 5.32 Å². The third kappa shape index (κ3) is 4.36. The molecule has 1 rings (SSSR count). The number of hydrogen-bond donors (Lipinski definition) is 2. The van der Waals surface area contributed by atoms with Gasteiger partial charge in [-0.05, 0) is 17.7 Å². The molecule has 0 saturated heterocycles. The Balaban J connectivity index is 2.78. The van der Waals surface area contributed by atoms with E-state index in [9.17, 15) is 4.79 Å². The maximum Gasteiger partial charge on any atom is 0.258 e. The molecular formula is C13H14ClNO4. The number of amides is 1. The van der Waals surface area contributed by atoms with E-state index >= 15 is 0 Å². The predicted molar refractivity (Wildman–Crippen MR) is 71.3 cm³/mol. The number of aliphatic hydroxyl groups excluding tert-OH is 1. The Hall–Kier alpha value is -1.90. The Morgan fingerprint density at radius 1 is 1.58 bits per heavy atom. The van der Waals surface area contributed by atoms with Gasteiger partial charge in [0.2, 0.25) is 0 Å². The van der Waals surface area contributed by atoms with Crippen molar-refractivity contribution in [3.8, 4) is 23.8 Å². The fraction of sp³-hybridized carbons (Fsp3) is 0.308. The lowest BCUT2D eigenvalue weighted by molar-refractivity contribution is -0.122. The van der Waals surface area contributed by atoms with Crippen LogP contribution in [0.15, 0.2) is 12.1 Å². The van der Waals surface area contributed by atoms with Gasteiger partial charge >= 0.3 is 0 Å². The maximum atomic E-state index is 11.4. The lowest BCUT2D eigenvalue weighted by atomic mass is 10.2. The molecule has 0 aliphatic heterocycles. The third-order valence-electron chi connectivity index (χ3n) is 2.21. The molecule has 0 radical (unpaired) electrons. The van der Waals surface area contributed by atoms with Crippen molar-refractivity contribution in [1.29, 1.82) is 0 Å². The van der Waals surface area contributed by atoms with Crippen LogP contribution in [-0.2, 0) is 11.4 Å². The van der Waals surface area contributed by atoms with E-state index < -0.39 is 0 Å². The molecule has 102 valence electrons. The van der Waals surface area contributed by atoms with E-state index in [4.69, 9.17) is 32.6 Å². The average molecular weight is 284 g/mol. The Labute approximate surface area is 116 Å². The van der Waals surface area contributed by atoms with Gasteiger partial charge in [0.05, 0.1) is 25.3 Å². The van der Waals surface area contributed by atoms with Crippen molar-refractivity contribution in [2.75, 3.05) is 20.3 Å². The van der Waals surface area contributed by atoms with Crippen molar-refractivity contribution in [3.05, 3.63) is 22.7 Å². The first kappa shape index (κ1) is 15.2. The Morgan fingerprint density at radius 3 is 2.89 bits per heavy atom. The molecule has 6 heteroatoms.